The van der Waals surface area contributed by atoms with E-state index in [1.807, 2.05) is 0 Å². The Balaban J connectivity index is 2.10. The van der Waals surface area contributed by atoms with Crippen LogP contribution < -0.4 is 10.6 Å². The fourth-order valence-corrected chi connectivity index (χ4v) is 2.89. The number of para-hydroxylation sites is 1. The van der Waals surface area contributed by atoms with Crippen LogP contribution in [0.3, 0.4) is 0 Å². The number of rotatable bonds is 6. The van der Waals surface area contributed by atoms with Crippen molar-refractivity contribution in [3.05, 3.63) is 29.8 Å². The van der Waals surface area contributed by atoms with Crippen LogP contribution in [0.1, 0.15) is 51.1 Å². The molecule has 0 spiro atoms. The Morgan fingerprint density at radius 1 is 1.35 bits per heavy atom. The Hall–Kier alpha value is -1.06. The Kier molecular flexibility index (Phi) is 5.86. The van der Waals surface area contributed by atoms with Gasteiger partial charge in [-0.25, -0.2) is 0 Å². The minimum absolute atomic E-state index is 0.128. The number of hydrogen-bond acceptors (Lipinski definition) is 3. The molecule has 3 nitrogen and oxygen atoms in total. The summed E-state index contributed by atoms with van der Waals surface area (Å²) in [5.41, 5.74) is 8.83. The Morgan fingerprint density at radius 3 is 2.90 bits per heavy atom. The van der Waals surface area contributed by atoms with E-state index in [0.29, 0.717) is 6.10 Å². The maximum Gasteiger partial charge on any atom is 0.0750 e. The first-order chi connectivity index (χ1) is 9.76. The SMILES string of the molecule is CCCOC1CCCN(c2ccccc2[C@H](N)CC)C1. The highest BCUT2D eigenvalue weighted by atomic mass is 16.5. The second-order valence-corrected chi connectivity index (χ2v) is 5.65. The summed E-state index contributed by atoms with van der Waals surface area (Å²) in [6.07, 6.45) is 4.81. The second kappa shape index (κ2) is 7.65. The molecule has 0 saturated carbocycles. The fraction of sp³-hybridized carbons (Fsp3) is 0.647. The molecule has 1 aliphatic rings. The molecule has 2 rings (SSSR count). The van der Waals surface area contributed by atoms with Crippen molar-refractivity contribution in [1.29, 1.82) is 0 Å². The van der Waals surface area contributed by atoms with E-state index in [4.69, 9.17) is 10.5 Å². The van der Waals surface area contributed by atoms with Crippen LogP contribution in [-0.4, -0.2) is 25.8 Å². The topological polar surface area (TPSA) is 38.5 Å². The number of benzene rings is 1. The Morgan fingerprint density at radius 2 is 2.15 bits per heavy atom. The quantitative estimate of drug-likeness (QED) is 0.864. The molecule has 1 aromatic carbocycles. The van der Waals surface area contributed by atoms with E-state index in [0.717, 1.165) is 32.5 Å². The normalized spacial score (nSPS) is 20.9. The minimum Gasteiger partial charge on any atom is -0.376 e. The molecule has 3 heteroatoms. The van der Waals surface area contributed by atoms with Crippen LogP contribution in [0.2, 0.25) is 0 Å². The number of nitrogens with zero attached hydrogens (tertiary/aromatic N) is 1. The lowest BCUT2D eigenvalue weighted by atomic mass is 10.00. The smallest absolute Gasteiger partial charge is 0.0750 e. The van der Waals surface area contributed by atoms with Crippen LogP contribution in [0.15, 0.2) is 24.3 Å². The molecule has 2 atom stereocenters. The molecule has 1 saturated heterocycles. The monoisotopic (exact) mass is 276 g/mol. The zero-order valence-corrected chi connectivity index (χ0v) is 12.8. The highest BCUT2D eigenvalue weighted by Gasteiger charge is 2.23. The molecule has 0 aliphatic carbocycles. The van der Waals surface area contributed by atoms with Crippen LogP contribution >= 0.6 is 0 Å². The lowest BCUT2D eigenvalue weighted by Crippen LogP contribution is -2.40. The molecular formula is C17H28N2O. The van der Waals surface area contributed by atoms with Gasteiger partial charge in [-0.1, -0.05) is 32.0 Å². The first kappa shape index (κ1) is 15.3. The molecule has 0 aromatic heterocycles. The molecule has 0 radical (unpaired) electrons. The summed E-state index contributed by atoms with van der Waals surface area (Å²) in [5.74, 6) is 0. The van der Waals surface area contributed by atoms with E-state index < -0.39 is 0 Å². The van der Waals surface area contributed by atoms with Gasteiger partial charge >= 0.3 is 0 Å². The molecule has 112 valence electrons. The Bertz CT molecular complexity index is 408. The first-order valence-corrected chi connectivity index (χ1v) is 7.97. The summed E-state index contributed by atoms with van der Waals surface area (Å²) in [6, 6.07) is 8.69. The van der Waals surface area contributed by atoms with E-state index in [1.54, 1.807) is 0 Å². The van der Waals surface area contributed by atoms with Gasteiger partial charge in [0.2, 0.25) is 0 Å². The average molecular weight is 276 g/mol. The van der Waals surface area contributed by atoms with Crippen LogP contribution in [0.25, 0.3) is 0 Å². The van der Waals surface area contributed by atoms with Crippen LogP contribution in [0.4, 0.5) is 5.69 Å². The van der Waals surface area contributed by atoms with Crippen molar-refractivity contribution in [2.75, 3.05) is 24.6 Å². The van der Waals surface area contributed by atoms with Crippen molar-refractivity contribution in [1.82, 2.24) is 0 Å². The predicted molar refractivity (Wildman–Crippen MR) is 85.1 cm³/mol. The lowest BCUT2D eigenvalue weighted by Gasteiger charge is -2.36. The van der Waals surface area contributed by atoms with Gasteiger partial charge in [0.25, 0.3) is 0 Å². The van der Waals surface area contributed by atoms with Crippen LogP contribution in [0.5, 0.6) is 0 Å². The van der Waals surface area contributed by atoms with Crippen molar-refractivity contribution >= 4 is 5.69 Å². The summed E-state index contributed by atoms with van der Waals surface area (Å²) < 4.78 is 5.94. The summed E-state index contributed by atoms with van der Waals surface area (Å²) in [7, 11) is 0. The molecule has 1 heterocycles. The van der Waals surface area contributed by atoms with Gasteiger partial charge in [0.05, 0.1) is 6.10 Å². The Labute approximate surface area is 123 Å². The van der Waals surface area contributed by atoms with Gasteiger partial charge in [-0.3, -0.25) is 0 Å². The molecule has 1 aromatic rings. The van der Waals surface area contributed by atoms with Crippen LogP contribution in [-0.2, 0) is 4.74 Å². The standard InChI is InChI=1S/C17H28N2O/c1-3-12-20-14-8-7-11-19(13-14)17-10-6-5-9-15(17)16(18)4-2/h5-6,9-10,14,16H,3-4,7-8,11-13,18H2,1-2H3/t14?,16-/m1/s1. The molecule has 0 bridgehead atoms. The number of ether oxygens (including phenoxy) is 1. The van der Waals surface area contributed by atoms with Gasteiger partial charge < -0.3 is 15.4 Å². The average Bonchev–Trinajstić information content (AvgIpc) is 2.52. The van der Waals surface area contributed by atoms with Crippen molar-refractivity contribution in [2.45, 2.75) is 51.7 Å². The zero-order chi connectivity index (χ0) is 14.4. The van der Waals surface area contributed by atoms with E-state index >= 15 is 0 Å². The van der Waals surface area contributed by atoms with Gasteiger partial charge in [-0.2, -0.15) is 0 Å². The third-order valence-electron chi connectivity index (χ3n) is 4.05. The van der Waals surface area contributed by atoms with Crippen molar-refractivity contribution in [3.63, 3.8) is 0 Å². The number of piperidine rings is 1. The summed E-state index contributed by atoms with van der Waals surface area (Å²) in [5, 5.41) is 0. The highest BCUT2D eigenvalue weighted by Crippen LogP contribution is 2.29. The third kappa shape index (κ3) is 3.74. The third-order valence-corrected chi connectivity index (χ3v) is 4.05. The van der Waals surface area contributed by atoms with E-state index in [1.165, 1.54) is 24.1 Å². The number of nitrogens with two attached hydrogens (primary N) is 1. The lowest BCUT2D eigenvalue weighted by molar-refractivity contribution is 0.0440. The minimum atomic E-state index is 0.128. The predicted octanol–water partition coefficient (Wildman–Crippen LogP) is 3.49. The van der Waals surface area contributed by atoms with E-state index in [-0.39, 0.29) is 6.04 Å². The molecule has 0 amide bonds. The first-order valence-electron chi connectivity index (χ1n) is 7.97. The molecule has 1 aliphatic heterocycles. The van der Waals surface area contributed by atoms with Crippen molar-refractivity contribution in [2.24, 2.45) is 5.73 Å². The van der Waals surface area contributed by atoms with Crippen LogP contribution in [0, 0.1) is 0 Å². The molecule has 1 fully saturated rings. The largest absolute Gasteiger partial charge is 0.376 e. The van der Waals surface area contributed by atoms with Crippen molar-refractivity contribution in [3.8, 4) is 0 Å². The zero-order valence-electron chi connectivity index (χ0n) is 12.8. The second-order valence-electron chi connectivity index (χ2n) is 5.65. The van der Waals surface area contributed by atoms with E-state index in [2.05, 4.69) is 43.0 Å². The summed E-state index contributed by atoms with van der Waals surface area (Å²) >= 11 is 0. The summed E-state index contributed by atoms with van der Waals surface area (Å²) in [6.45, 7) is 7.28. The van der Waals surface area contributed by atoms with Gasteiger partial charge in [-0.15, -0.1) is 0 Å². The van der Waals surface area contributed by atoms with Gasteiger partial charge in [0, 0.05) is 31.4 Å². The van der Waals surface area contributed by atoms with E-state index in [9.17, 15) is 0 Å². The maximum atomic E-state index is 6.26. The fourth-order valence-electron chi connectivity index (χ4n) is 2.89. The molecular weight excluding hydrogens is 248 g/mol. The molecule has 1 unspecified atom stereocenters. The summed E-state index contributed by atoms with van der Waals surface area (Å²) in [4.78, 5) is 2.45. The maximum absolute atomic E-state index is 6.26. The number of anilines is 1. The van der Waals surface area contributed by atoms with Gasteiger partial charge in [-0.05, 0) is 37.3 Å². The number of hydrogen-bond donors (Lipinski definition) is 1. The van der Waals surface area contributed by atoms with Crippen molar-refractivity contribution < 1.29 is 4.74 Å². The van der Waals surface area contributed by atoms with Gasteiger partial charge in [0.15, 0.2) is 0 Å². The highest BCUT2D eigenvalue weighted by molar-refractivity contribution is 5.55. The molecule has 20 heavy (non-hydrogen) atoms. The van der Waals surface area contributed by atoms with Gasteiger partial charge in [0.1, 0.15) is 0 Å². The molecule has 2 N–H and O–H groups in total.